The van der Waals surface area contributed by atoms with E-state index in [1.165, 1.54) is 6.42 Å². The lowest BCUT2D eigenvalue weighted by atomic mass is 10.1. The molecule has 0 aliphatic carbocycles. The van der Waals surface area contributed by atoms with Crippen LogP contribution < -0.4 is 9.47 Å². The quantitative estimate of drug-likeness (QED) is 0.830. The maximum absolute atomic E-state index is 12.5. The summed E-state index contributed by atoms with van der Waals surface area (Å²) in [6.07, 6.45) is 3.64. The smallest absolute Gasteiger partial charge is 0.263 e. The molecule has 1 fully saturated rings. The minimum absolute atomic E-state index is 0.0955. The molecule has 1 aliphatic heterocycles. The maximum Gasteiger partial charge on any atom is 0.263 e. The zero-order chi connectivity index (χ0) is 14.4. The molecule has 0 radical (unpaired) electrons. The molecule has 1 aliphatic rings. The van der Waals surface area contributed by atoms with Crippen LogP contribution in [0.5, 0.6) is 11.5 Å². The van der Waals surface area contributed by atoms with E-state index in [0.29, 0.717) is 17.9 Å². The number of benzene rings is 1. The summed E-state index contributed by atoms with van der Waals surface area (Å²) >= 11 is 0. The molecule has 0 spiro atoms. The Balaban J connectivity index is 2.06. The standard InChI is InChI=1S/C16H23NO3/c1-3-13(16(18)17-11-7-4-8-12-17)20-15-10-6-5-9-14(15)19-2/h5-6,9-10,13H,3-4,7-8,11-12H2,1-2H3. The van der Waals surface area contributed by atoms with Crippen LogP contribution in [0.25, 0.3) is 0 Å². The lowest BCUT2D eigenvalue weighted by Gasteiger charge is -2.30. The number of nitrogens with zero attached hydrogens (tertiary/aromatic N) is 1. The summed E-state index contributed by atoms with van der Waals surface area (Å²) in [4.78, 5) is 14.4. The van der Waals surface area contributed by atoms with Crippen molar-refractivity contribution < 1.29 is 14.3 Å². The fourth-order valence-corrected chi connectivity index (χ4v) is 2.50. The molecule has 1 heterocycles. The van der Waals surface area contributed by atoms with Crippen molar-refractivity contribution in [3.05, 3.63) is 24.3 Å². The normalized spacial score (nSPS) is 16.6. The number of carbonyl (C=O) groups excluding carboxylic acids is 1. The Morgan fingerprint density at radius 3 is 2.45 bits per heavy atom. The van der Waals surface area contributed by atoms with Gasteiger partial charge in [0.15, 0.2) is 17.6 Å². The summed E-state index contributed by atoms with van der Waals surface area (Å²) in [5.41, 5.74) is 0. The number of para-hydroxylation sites is 2. The van der Waals surface area contributed by atoms with Gasteiger partial charge in [-0.25, -0.2) is 0 Å². The van der Waals surface area contributed by atoms with Crippen molar-refractivity contribution in [1.29, 1.82) is 0 Å². The average Bonchev–Trinajstić information content (AvgIpc) is 2.53. The molecular formula is C16H23NO3. The van der Waals surface area contributed by atoms with Crippen LogP contribution >= 0.6 is 0 Å². The Hall–Kier alpha value is -1.71. The van der Waals surface area contributed by atoms with Gasteiger partial charge in [0.25, 0.3) is 5.91 Å². The molecule has 1 saturated heterocycles. The third-order valence-corrected chi connectivity index (χ3v) is 3.65. The highest BCUT2D eigenvalue weighted by Gasteiger charge is 2.26. The molecule has 1 unspecified atom stereocenters. The monoisotopic (exact) mass is 277 g/mol. The van der Waals surface area contributed by atoms with Gasteiger partial charge in [-0.1, -0.05) is 19.1 Å². The van der Waals surface area contributed by atoms with Gasteiger partial charge < -0.3 is 14.4 Å². The number of piperidine rings is 1. The highest BCUT2D eigenvalue weighted by molar-refractivity contribution is 5.81. The summed E-state index contributed by atoms with van der Waals surface area (Å²) in [6, 6.07) is 7.45. The number of amides is 1. The van der Waals surface area contributed by atoms with E-state index in [9.17, 15) is 4.79 Å². The van der Waals surface area contributed by atoms with Gasteiger partial charge >= 0.3 is 0 Å². The molecule has 0 saturated carbocycles. The van der Waals surface area contributed by atoms with Crippen LogP contribution in [0.2, 0.25) is 0 Å². The number of methoxy groups -OCH3 is 1. The van der Waals surface area contributed by atoms with E-state index in [1.54, 1.807) is 7.11 Å². The molecule has 20 heavy (non-hydrogen) atoms. The van der Waals surface area contributed by atoms with Crippen LogP contribution in [-0.2, 0) is 4.79 Å². The molecule has 1 aromatic rings. The van der Waals surface area contributed by atoms with Crippen molar-refractivity contribution in [3.8, 4) is 11.5 Å². The summed E-state index contributed by atoms with van der Waals surface area (Å²) in [5.74, 6) is 1.39. The minimum Gasteiger partial charge on any atom is -0.493 e. The Kier molecular flexibility index (Phi) is 5.27. The first-order chi connectivity index (χ1) is 9.76. The van der Waals surface area contributed by atoms with Crippen LogP contribution in [0.15, 0.2) is 24.3 Å². The molecular weight excluding hydrogens is 254 g/mol. The first kappa shape index (κ1) is 14.7. The van der Waals surface area contributed by atoms with Gasteiger partial charge in [0.2, 0.25) is 0 Å². The molecule has 0 aromatic heterocycles. The van der Waals surface area contributed by atoms with Crippen LogP contribution in [0.1, 0.15) is 32.6 Å². The fourth-order valence-electron chi connectivity index (χ4n) is 2.50. The van der Waals surface area contributed by atoms with Crippen LogP contribution in [0.4, 0.5) is 0 Å². The van der Waals surface area contributed by atoms with E-state index in [2.05, 4.69) is 0 Å². The number of likely N-dealkylation sites (tertiary alicyclic amines) is 1. The molecule has 0 N–H and O–H groups in total. The van der Waals surface area contributed by atoms with Gasteiger partial charge in [0.05, 0.1) is 7.11 Å². The third-order valence-electron chi connectivity index (χ3n) is 3.65. The second kappa shape index (κ2) is 7.17. The second-order valence-electron chi connectivity index (χ2n) is 5.05. The first-order valence-electron chi connectivity index (χ1n) is 7.34. The van der Waals surface area contributed by atoms with E-state index in [0.717, 1.165) is 25.9 Å². The van der Waals surface area contributed by atoms with Gasteiger partial charge in [0, 0.05) is 13.1 Å². The average molecular weight is 277 g/mol. The Morgan fingerprint density at radius 1 is 1.20 bits per heavy atom. The van der Waals surface area contributed by atoms with E-state index >= 15 is 0 Å². The SMILES string of the molecule is CCC(Oc1ccccc1OC)C(=O)N1CCCCC1. The summed E-state index contributed by atoms with van der Waals surface area (Å²) < 4.78 is 11.2. The van der Waals surface area contributed by atoms with Gasteiger partial charge in [-0.05, 0) is 37.8 Å². The van der Waals surface area contributed by atoms with E-state index in [1.807, 2.05) is 36.1 Å². The van der Waals surface area contributed by atoms with Gasteiger partial charge in [-0.15, -0.1) is 0 Å². The van der Waals surface area contributed by atoms with Gasteiger partial charge in [0.1, 0.15) is 0 Å². The lowest BCUT2D eigenvalue weighted by Crippen LogP contribution is -2.44. The number of ether oxygens (including phenoxy) is 2. The van der Waals surface area contributed by atoms with Crippen LogP contribution in [0.3, 0.4) is 0 Å². The lowest BCUT2D eigenvalue weighted by molar-refractivity contribution is -0.139. The largest absolute Gasteiger partial charge is 0.493 e. The summed E-state index contributed by atoms with van der Waals surface area (Å²) in [6.45, 7) is 3.68. The molecule has 1 atom stereocenters. The van der Waals surface area contributed by atoms with Crippen molar-refractivity contribution in [3.63, 3.8) is 0 Å². The highest BCUT2D eigenvalue weighted by Crippen LogP contribution is 2.28. The van der Waals surface area contributed by atoms with Crippen molar-refractivity contribution >= 4 is 5.91 Å². The number of rotatable bonds is 5. The molecule has 1 amide bonds. The Morgan fingerprint density at radius 2 is 1.85 bits per heavy atom. The van der Waals surface area contributed by atoms with Crippen molar-refractivity contribution in [2.75, 3.05) is 20.2 Å². The minimum atomic E-state index is -0.426. The predicted molar refractivity (Wildman–Crippen MR) is 78.1 cm³/mol. The van der Waals surface area contributed by atoms with E-state index in [4.69, 9.17) is 9.47 Å². The highest BCUT2D eigenvalue weighted by atomic mass is 16.5. The molecule has 110 valence electrons. The molecule has 1 aromatic carbocycles. The molecule has 0 bridgehead atoms. The molecule has 4 nitrogen and oxygen atoms in total. The maximum atomic E-state index is 12.5. The summed E-state index contributed by atoms with van der Waals surface area (Å²) in [7, 11) is 1.61. The second-order valence-corrected chi connectivity index (χ2v) is 5.05. The number of carbonyl (C=O) groups is 1. The summed E-state index contributed by atoms with van der Waals surface area (Å²) in [5, 5.41) is 0. The van der Waals surface area contributed by atoms with E-state index in [-0.39, 0.29) is 5.91 Å². The Bertz CT molecular complexity index is 441. The topological polar surface area (TPSA) is 38.8 Å². The van der Waals surface area contributed by atoms with Crippen molar-refractivity contribution in [2.24, 2.45) is 0 Å². The third kappa shape index (κ3) is 3.44. The molecule has 4 heteroatoms. The van der Waals surface area contributed by atoms with Crippen molar-refractivity contribution in [2.45, 2.75) is 38.7 Å². The Labute approximate surface area is 120 Å². The van der Waals surface area contributed by atoms with Gasteiger partial charge in [-0.3, -0.25) is 4.79 Å². The number of hydrogen-bond acceptors (Lipinski definition) is 3. The zero-order valence-electron chi connectivity index (χ0n) is 12.3. The van der Waals surface area contributed by atoms with E-state index < -0.39 is 6.10 Å². The zero-order valence-corrected chi connectivity index (χ0v) is 12.3. The van der Waals surface area contributed by atoms with Crippen molar-refractivity contribution in [1.82, 2.24) is 4.90 Å². The van der Waals surface area contributed by atoms with Gasteiger partial charge in [-0.2, -0.15) is 0 Å². The molecule has 2 rings (SSSR count). The van der Waals surface area contributed by atoms with Crippen LogP contribution in [0, 0.1) is 0 Å². The number of hydrogen-bond donors (Lipinski definition) is 0. The predicted octanol–water partition coefficient (Wildman–Crippen LogP) is 2.87. The first-order valence-corrected chi connectivity index (χ1v) is 7.34. The van der Waals surface area contributed by atoms with Crippen LogP contribution in [-0.4, -0.2) is 37.1 Å². The fraction of sp³-hybridized carbons (Fsp3) is 0.562.